The highest BCUT2D eigenvalue weighted by Crippen LogP contribution is 2.12. The monoisotopic (exact) mass is 266 g/mol. The van der Waals surface area contributed by atoms with Crippen molar-refractivity contribution in [3.63, 3.8) is 0 Å². The van der Waals surface area contributed by atoms with Crippen LogP contribution in [0.25, 0.3) is 0 Å². The van der Waals surface area contributed by atoms with E-state index < -0.39 is 0 Å². The predicted octanol–water partition coefficient (Wildman–Crippen LogP) is 1.59. The van der Waals surface area contributed by atoms with E-state index in [-0.39, 0.29) is 23.2 Å². The molecule has 0 atom stereocenters. The average molecular weight is 266 g/mol. The zero-order valence-electron chi connectivity index (χ0n) is 10.3. The summed E-state index contributed by atoms with van der Waals surface area (Å²) in [4.78, 5) is 37.6. The van der Waals surface area contributed by atoms with E-state index >= 15 is 0 Å². The lowest BCUT2D eigenvalue weighted by Crippen LogP contribution is -2.08. The van der Waals surface area contributed by atoms with Crippen LogP contribution in [0.1, 0.15) is 32.4 Å². The number of nitrogens with one attached hydrogen (secondary N) is 2. The fourth-order valence-corrected chi connectivity index (χ4v) is 1.85. The van der Waals surface area contributed by atoms with Crippen LogP contribution in [0, 0.1) is 0 Å². The number of rotatable bonds is 4. The van der Waals surface area contributed by atoms with E-state index in [1.165, 1.54) is 18.5 Å². The quantitative estimate of drug-likeness (QED) is 0.701. The second-order valence-electron chi connectivity index (χ2n) is 4.11. The van der Waals surface area contributed by atoms with E-state index in [2.05, 4.69) is 19.9 Å². The van der Waals surface area contributed by atoms with Crippen LogP contribution in [-0.2, 0) is 0 Å². The van der Waals surface area contributed by atoms with Crippen LogP contribution in [-0.4, -0.2) is 31.5 Å². The Morgan fingerprint density at radius 1 is 0.850 bits per heavy atom. The van der Waals surface area contributed by atoms with Gasteiger partial charge in [-0.3, -0.25) is 9.59 Å². The second kappa shape index (κ2) is 4.93. The smallest absolute Gasteiger partial charge is 0.228 e. The van der Waals surface area contributed by atoms with Crippen molar-refractivity contribution in [1.82, 2.24) is 19.9 Å². The molecule has 0 aliphatic heterocycles. The third kappa shape index (κ3) is 2.14. The van der Waals surface area contributed by atoms with Gasteiger partial charge in [0.2, 0.25) is 11.6 Å². The summed E-state index contributed by atoms with van der Waals surface area (Å²) in [6, 6.07) is 6.48. The highest BCUT2D eigenvalue weighted by molar-refractivity contribution is 6.10. The van der Waals surface area contributed by atoms with E-state index in [4.69, 9.17) is 0 Å². The number of carbonyl (C=O) groups excluding carboxylic acids is 2. The highest BCUT2D eigenvalue weighted by Gasteiger charge is 2.16. The van der Waals surface area contributed by atoms with Crippen molar-refractivity contribution in [1.29, 1.82) is 0 Å². The maximum atomic E-state index is 12.1. The summed E-state index contributed by atoms with van der Waals surface area (Å²) in [7, 11) is 0. The van der Waals surface area contributed by atoms with E-state index in [0.29, 0.717) is 11.1 Å². The zero-order valence-corrected chi connectivity index (χ0v) is 10.3. The number of hydrogen-bond donors (Lipinski definition) is 2. The van der Waals surface area contributed by atoms with Crippen molar-refractivity contribution < 1.29 is 9.59 Å². The van der Waals surface area contributed by atoms with Crippen LogP contribution in [0.2, 0.25) is 0 Å². The minimum Gasteiger partial charge on any atom is -0.342 e. The van der Waals surface area contributed by atoms with Gasteiger partial charge in [0.15, 0.2) is 11.6 Å². The highest BCUT2D eigenvalue weighted by atomic mass is 16.1. The van der Waals surface area contributed by atoms with Crippen molar-refractivity contribution in [2.75, 3.05) is 0 Å². The molecule has 0 spiro atoms. The van der Waals surface area contributed by atoms with Gasteiger partial charge in [0.25, 0.3) is 0 Å². The Hall–Kier alpha value is -3.02. The lowest BCUT2D eigenvalue weighted by molar-refractivity contribution is 0.102. The van der Waals surface area contributed by atoms with Gasteiger partial charge < -0.3 is 9.97 Å². The van der Waals surface area contributed by atoms with Crippen LogP contribution in [0.4, 0.5) is 0 Å². The van der Waals surface area contributed by atoms with Crippen LogP contribution in [0.3, 0.4) is 0 Å². The average Bonchev–Trinajstić information content (AvgIpc) is 3.18. The molecule has 0 radical (unpaired) electrons. The third-order valence-corrected chi connectivity index (χ3v) is 2.81. The normalized spacial score (nSPS) is 10.4. The molecule has 20 heavy (non-hydrogen) atoms. The molecule has 0 bridgehead atoms. The minimum absolute atomic E-state index is 0.243. The molecule has 2 N–H and O–H groups in total. The summed E-state index contributed by atoms with van der Waals surface area (Å²) in [6.07, 6.45) is 6.16. The molecule has 0 saturated heterocycles. The van der Waals surface area contributed by atoms with E-state index in [1.54, 1.807) is 30.6 Å². The van der Waals surface area contributed by atoms with Crippen molar-refractivity contribution in [2.24, 2.45) is 0 Å². The Kier molecular flexibility index (Phi) is 2.96. The maximum Gasteiger partial charge on any atom is 0.228 e. The van der Waals surface area contributed by atoms with Gasteiger partial charge in [-0.25, -0.2) is 9.97 Å². The summed E-state index contributed by atoms with van der Waals surface area (Å²) < 4.78 is 0. The number of nitrogens with zero attached hydrogens (tertiary/aromatic N) is 2. The fraction of sp³-hybridized carbons (Fsp3) is 0. The molecule has 6 nitrogen and oxygen atoms in total. The number of carbonyl (C=O) groups is 2. The lowest BCUT2D eigenvalue weighted by Gasteiger charge is -2.01. The molecule has 0 amide bonds. The first-order valence-corrected chi connectivity index (χ1v) is 5.94. The summed E-state index contributed by atoms with van der Waals surface area (Å²) in [5, 5.41) is 0. The first-order valence-electron chi connectivity index (χ1n) is 5.94. The zero-order chi connectivity index (χ0) is 13.9. The van der Waals surface area contributed by atoms with Crippen molar-refractivity contribution in [2.45, 2.75) is 0 Å². The van der Waals surface area contributed by atoms with Crippen LogP contribution in [0.5, 0.6) is 0 Å². The summed E-state index contributed by atoms with van der Waals surface area (Å²) >= 11 is 0. The molecule has 0 saturated carbocycles. The van der Waals surface area contributed by atoms with Gasteiger partial charge in [0.05, 0.1) is 0 Å². The number of aromatic nitrogens is 4. The fourth-order valence-electron chi connectivity index (χ4n) is 1.85. The molecular weight excluding hydrogens is 256 g/mol. The molecule has 6 heteroatoms. The molecule has 2 aromatic heterocycles. The molecule has 3 aromatic rings. The second-order valence-corrected chi connectivity index (χ2v) is 4.11. The molecule has 0 unspecified atom stereocenters. The van der Waals surface area contributed by atoms with Crippen LogP contribution >= 0.6 is 0 Å². The van der Waals surface area contributed by atoms with Gasteiger partial charge in [-0.1, -0.05) is 18.2 Å². The van der Waals surface area contributed by atoms with Crippen molar-refractivity contribution in [3.8, 4) is 0 Å². The predicted molar refractivity (Wildman–Crippen MR) is 70.5 cm³/mol. The first-order chi connectivity index (χ1) is 9.75. The molecule has 2 heterocycles. The Morgan fingerprint density at radius 2 is 1.35 bits per heavy atom. The summed E-state index contributed by atoms with van der Waals surface area (Å²) in [5.74, 6) is -0.0339. The van der Waals surface area contributed by atoms with Gasteiger partial charge in [0, 0.05) is 35.9 Å². The molecule has 3 rings (SSSR count). The molecule has 0 aliphatic carbocycles. The number of H-pyrrole nitrogens is 2. The first kappa shape index (κ1) is 12.0. The maximum absolute atomic E-state index is 12.1. The number of imidazole rings is 2. The SMILES string of the molecule is O=C(c1cccc(C(=O)c2ncc[nH]2)c1)c1ncc[nH]1. The van der Waals surface area contributed by atoms with E-state index in [9.17, 15) is 9.59 Å². The Morgan fingerprint density at radius 3 is 1.75 bits per heavy atom. The molecule has 1 aromatic carbocycles. The Bertz CT molecular complexity index is 684. The molecule has 0 aliphatic rings. The number of ketones is 2. The number of benzene rings is 1. The Balaban J connectivity index is 1.94. The van der Waals surface area contributed by atoms with Gasteiger partial charge in [-0.2, -0.15) is 0 Å². The van der Waals surface area contributed by atoms with Gasteiger partial charge in [-0.05, 0) is 6.07 Å². The van der Waals surface area contributed by atoms with E-state index in [1.807, 2.05) is 0 Å². The largest absolute Gasteiger partial charge is 0.342 e. The summed E-state index contributed by atoms with van der Waals surface area (Å²) in [5.41, 5.74) is 0.801. The Labute approximate surface area is 113 Å². The van der Waals surface area contributed by atoms with Gasteiger partial charge in [-0.15, -0.1) is 0 Å². The van der Waals surface area contributed by atoms with Crippen molar-refractivity contribution in [3.05, 3.63) is 71.8 Å². The number of hydrogen-bond acceptors (Lipinski definition) is 4. The van der Waals surface area contributed by atoms with E-state index in [0.717, 1.165) is 0 Å². The number of aromatic amines is 2. The summed E-state index contributed by atoms with van der Waals surface area (Å²) in [6.45, 7) is 0. The van der Waals surface area contributed by atoms with Gasteiger partial charge >= 0.3 is 0 Å². The van der Waals surface area contributed by atoms with Crippen LogP contribution < -0.4 is 0 Å². The van der Waals surface area contributed by atoms with Gasteiger partial charge in [0.1, 0.15) is 0 Å². The minimum atomic E-state index is -0.260. The lowest BCUT2D eigenvalue weighted by atomic mass is 10.0. The standard InChI is InChI=1S/C14H10N4O2/c19-11(13-15-4-5-16-13)9-2-1-3-10(8-9)12(20)14-17-6-7-18-14/h1-8H,(H,15,16)(H,17,18). The topological polar surface area (TPSA) is 91.5 Å². The third-order valence-electron chi connectivity index (χ3n) is 2.81. The van der Waals surface area contributed by atoms with Crippen LogP contribution in [0.15, 0.2) is 49.1 Å². The molecular formula is C14H10N4O2. The van der Waals surface area contributed by atoms with Crippen molar-refractivity contribution >= 4 is 11.6 Å². The molecule has 0 fully saturated rings. The molecule has 98 valence electrons.